The van der Waals surface area contributed by atoms with Crippen LogP contribution in [0.1, 0.15) is 54.1 Å². The summed E-state index contributed by atoms with van der Waals surface area (Å²) in [5.41, 5.74) is -1.96. The number of pyridine rings is 1. The third-order valence-electron chi connectivity index (χ3n) is 6.93. The van der Waals surface area contributed by atoms with E-state index in [1.165, 1.54) is 19.5 Å². The molecule has 4 rings (SSSR count). The van der Waals surface area contributed by atoms with Crippen molar-refractivity contribution >= 4 is 17.6 Å². The molecule has 0 saturated heterocycles. The zero-order valence-electron chi connectivity index (χ0n) is 22.4. The van der Waals surface area contributed by atoms with Crippen molar-refractivity contribution in [2.45, 2.75) is 45.3 Å². The van der Waals surface area contributed by atoms with Crippen molar-refractivity contribution in [2.24, 2.45) is 11.8 Å². The number of carbonyl (C=O) groups is 2. The maximum absolute atomic E-state index is 15.4. The van der Waals surface area contributed by atoms with Crippen molar-refractivity contribution in [2.75, 3.05) is 25.2 Å². The van der Waals surface area contributed by atoms with Gasteiger partial charge in [-0.1, -0.05) is 6.92 Å². The molecule has 0 spiro atoms. The summed E-state index contributed by atoms with van der Waals surface area (Å²) in [4.78, 5) is 31.7. The molecule has 0 bridgehead atoms. The van der Waals surface area contributed by atoms with Crippen LogP contribution < -0.4 is 9.64 Å². The number of rotatable bonds is 10. The molecule has 0 radical (unpaired) electrons. The number of carbonyl (C=O) groups excluding carboxylic acids is 1. The number of carboxylic acids is 1. The zero-order chi connectivity index (χ0) is 29.7. The van der Waals surface area contributed by atoms with Gasteiger partial charge in [-0.3, -0.25) is 4.79 Å². The summed E-state index contributed by atoms with van der Waals surface area (Å²) in [6.07, 6.45) is 1.75. The lowest BCUT2D eigenvalue weighted by Crippen LogP contribution is -2.40. The van der Waals surface area contributed by atoms with E-state index in [4.69, 9.17) is 9.47 Å². The third-order valence-corrected chi connectivity index (χ3v) is 6.93. The molecule has 1 N–H and O–H groups in total. The molecule has 0 unspecified atom stereocenters. The van der Waals surface area contributed by atoms with Gasteiger partial charge in [0.05, 0.1) is 36.8 Å². The highest BCUT2D eigenvalue weighted by Crippen LogP contribution is 2.40. The number of halogens is 4. The van der Waals surface area contributed by atoms with Crippen molar-refractivity contribution in [1.82, 2.24) is 20.0 Å². The number of aromatic carboxylic acids is 1. The van der Waals surface area contributed by atoms with Crippen LogP contribution in [0.2, 0.25) is 0 Å². The maximum atomic E-state index is 15.4. The molecular weight excluding hydrogens is 550 g/mol. The van der Waals surface area contributed by atoms with Crippen LogP contribution >= 0.6 is 0 Å². The van der Waals surface area contributed by atoms with Gasteiger partial charge >= 0.3 is 12.1 Å². The molecule has 3 aromatic rings. The zero-order valence-corrected chi connectivity index (χ0v) is 22.4. The predicted molar refractivity (Wildman–Crippen MR) is 137 cm³/mol. The largest absolute Gasteiger partial charge is 0.478 e. The average Bonchev–Trinajstić information content (AvgIpc) is 3.43. The minimum Gasteiger partial charge on any atom is -0.478 e. The molecular formula is C27H29F4N5O5. The summed E-state index contributed by atoms with van der Waals surface area (Å²) in [5.74, 6) is -4.75. The number of methoxy groups -OCH3 is 1. The highest BCUT2D eigenvalue weighted by Gasteiger charge is 2.37. The number of hydrogen-bond acceptors (Lipinski definition) is 7. The van der Waals surface area contributed by atoms with Crippen LogP contribution in [0.5, 0.6) is 11.6 Å². The smallest absolute Gasteiger partial charge is 0.421 e. The van der Waals surface area contributed by atoms with Crippen molar-refractivity contribution in [3.05, 3.63) is 59.3 Å². The van der Waals surface area contributed by atoms with Crippen molar-refractivity contribution in [3.8, 4) is 11.6 Å². The molecule has 10 nitrogen and oxygen atoms in total. The Bertz CT molecular complexity index is 1380. The Balaban J connectivity index is 1.69. The van der Waals surface area contributed by atoms with Gasteiger partial charge in [0.2, 0.25) is 11.8 Å². The maximum Gasteiger partial charge on any atom is 0.421 e. The SMILES string of the molecule is COCCN(C(=O)C1CCC(C)CC1)c1cc(F)c(Oc2ncc(Cn3nccn3)cc2C(F)(F)F)cc1C(=O)O. The molecule has 0 aliphatic heterocycles. The number of amides is 1. The first kappa shape index (κ1) is 29.9. The van der Waals surface area contributed by atoms with Gasteiger partial charge < -0.3 is 19.5 Å². The van der Waals surface area contributed by atoms with Gasteiger partial charge in [0.25, 0.3) is 0 Å². The van der Waals surface area contributed by atoms with E-state index in [1.54, 1.807) is 0 Å². The van der Waals surface area contributed by atoms with Gasteiger partial charge in [0, 0.05) is 37.9 Å². The van der Waals surface area contributed by atoms with E-state index in [0.29, 0.717) is 18.8 Å². The standard InChI is InChI=1S/C27H29F4N5O5/c1-16-3-5-18(6-4-16)25(37)35(9-10-40-2)22-13-21(28)23(12-19(22)26(38)39)41-24-20(27(29,30)31)11-17(14-32-24)15-36-33-7-8-34-36/h7-8,11-14,16,18H,3-6,9-10,15H2,1-2H3,(H,38,39). The number of aromatic nitrogens is 4. The molecule has 220 valence electrons. The number of nitrogens with zero attached hydrogens (tertiary/aromatic N) is 5. The van der Waals surface area contributed by atoms with Crippen LogP contribution in [0.4, 0.5) is 23.2 Å². The molecule has 1 aliphatic rings. The second-order valence-corrected chi connectivity index (χ2v) is 9.90. The number of ether oxygens (including phenoxy) is 2. The highest BCUT2D eigenvalue weighted by molar-refractivity contribution is 6.03. The number of hydrogen-bond donors (Lipinski definition) is 1. The van der Waals surface area contributed by atoms with Crippen molar-refractivity contribution in [1.29, 1.82) is 0 Å². The van der Waals surface area contributed by atoms with Gasteiger partial charge in [-0.05, 0) is 43.2 Å². The van der Waals surface area contributed by atoms with Crippen LogP contribution in [-0.2, 0) is 22.3 Å². The van der Waals surface area contributed by atoms with Crippen LogP contribution in [0.15, 0.2) is 36.8 Å². The molecule has 0 atom stereocenters. The second-order valence-electron chi connectivity index (χ2n) is 9.90. The molecule has 2 aromatic heterocycles. The Morgan fingerprint density at radius 3 is 2.41 bits per heavy atom. The van der Waals surface area contributed by atoms with E-state index in [-0.39, 0.29) is 42.8 Å². The van der Waals surface area contributed by atoms with Gasteiger partial charge in [-0.2, -0.15) is 28.2 Å². The molecule has 1 amide bonds. The third kappa shape index (κ3) is 7.17. The summed E-state index contributed by atoms with van der Waals surface area (Å²) in [5, 5.41) is 17.6. The summed E-state index contributed by atoms with van der Waals surface area (Å²) >= 11 is 0. The lowest BCUT2D eigenvalue weighted by molar-refractivity contribution is -0.139. The average molecular weight is 580 g/mol. The molecule has 1 saturated carbocycles. The lowest BCUT2D eigenvalue weighted by Gasteiger charge is -2.32. The first-order valence-corrected chi connectivity index (χ1v) is 12.9. The number of carboxylic acid groups (broad SMARTS) is 1. The first-order chi connectivity index (χ1) is 19.5. The van der Waals surface area contributed by atoms with Gasteiger partial charge in [0.15, 0.2) is 11.6 Å². The Morgan fingerprint density at radius 2 is 1.80 bits per heavy atom. The number of alkyl halides is 3. The minimum absolute atomic E-state index is 0.0480. The van der Waals surface area contributed by atoms with E-state index in [2.05, 4.69) is 22.1 Å². The number of benzene rings is 1. The van der Waals surface area contributed by atoms with Gasteiger partial charge in [-0.15, -0.1) is 0 Å². The highest BCUT2D eigenvalue weighted by atomic mass is 19.4. The van der Waals surface area contributed by atoms with Gasteiger partial charge in [0.1, 0.15) is 5.56 Å². The Kier molecular flexibility index (Phi) is 9.21. The monoisotopic (exact) mass is 579 g/mol. The van der Waals surface area contributed by atoms with Crippen LogP contribution in [0.3, 0.4) is 0 Å². The summed E-state index contributed by atoms with van der Waals surface area (Å²) in [6.45, 7) is 1.98. The topological polar surface area (TPSA) is 120 Å². The van der Waals surface area contributed by atoms with E-state index >= 15 is 4.39 Å². The first-order valence-electron chi connectivity index (χ1n) is 12.9. The molecule has 14 heteroatoms. The van der Waals surface area contributed by atoms with E-state index in [0.717, 1.165) is 46.9 Å². The quantitative estimate of drug-likeness (QED) is 0.327. The lowest BCUT2D eigenvalue weighted by atomic mass is 9.82. The van der Waals surface area contributed by atoms with Crippen molar-refractivity contribution < 1.29 is 41.7 Å². The van der Waals surface area contributed by atoms with Crippen LogP contribution in [-0.4, -0.2) is 57.2 Å². The molecule has 1 aromatic carbocycles. The predicted octanol–water partition coefficient (Wildman–Crippen LogP) is 5.18. The minimum atomic E-state index is -4.93. The summed E-state index contributed by atoms with van der Waals surface area (Å²) in [6, 6.07) is 2.31. The fourth-order valence-corrected chi connectivity index (χ4v) is 4.73. The second kappa shape index (κ2) is 12.6. The van der Waals surface area contributed by atoms with Crippen LogP contribution in [0, 0.1) is 17.7 Å². The molecule has 1 aliphatic carbocycles. The fraction of sp³-hybridized carbons (Fsp3) is 0.444. The molecule has 2 heterocycles. The van der Waals surface area contributed by atoms with Crippen LogP contribution in [0.25, 0.3) is 0 Å². The Hall–Kier alpha value is -4.07. The van der Waals surface area contributed by atoms with E-state index in [1.807, 2.05) is 0 Å². The van der Waals surface area contributed by atoms with Gasteiger partial charge in [-0.25, -0.2) is 14.2 Å². The summed E-state index contributed by atoms with van der Waals surface area (Å²) in [7, 11) is 1.41. The Morgan fingerprint density at radius 1 is 1.12 bits per heavy atom. The number of anilines is 1. The van der Waals surface area contributed by atoms with E-state index in [9.17, 15) is 27.9 Å². The van der Waals surface area contributed by atoms with Crippen molar-refractivity contribution in [3.63, 3.8) is 0 Å². The van der Waals surface area contributed by atoms with E-state index < -0.39 is 40.7 Å². The fourth-order valence-electron chi connectivity index (χ4n) is 4.73. The summed E-state index contributed by atoms with van der Waals surface area (Å²) < 4.78 is 67.3. The molecule has 41 heavy (non-hydrogen) atoms. The Labute approximate surface area is 232 Å². The molecule has 1 fully saturated rings. The normalized spacial score (nSPS) is 17.3.